The first-order valence-corrected chi connectivity index (χ1v) is 9.31. The van der Waals surface area contributed by atoms with Gasteiger partial charge in [0.1, 0.15) is 5.82 Å². The molecule has 0 heterocycles. The smallest absolute Gasteiger partial charge is 0.423 e. The van der Waals surface area contributed by atoms with Crippen molar-refractivity contribution in [3.8, 4) is 5.75 Å². The van der Waals surface area contributed by atoms with Crippen LogP contribution in [0.15, 0.2) is 30.3 Å². The molecule has 0 atom stereocenters. The molecule has 0 saturated heterocycles. The molecule has 9 heteroatoms. The van der Waals surface area contributed by atoms with E-state index in [4.69, 9.17) is 0 Å². The number of halogens is 8. The van der Waals surface area contributed by atoms with Gasteiger partial charge >= 0.3 is 12.3 Å². The van der Waals surface area contributed by atoms with Crippen LogP contribution >= 0.6 is 0 Å². The van der Waals surface area contributed by atoms with Gasteiger partial charge in [-0.05, 0) is 60.6 Å². The van der Waals surface area contributed by atoms with Crippen molar-refractivity contribution in [2.24, 2.45) is 5.92 Å². The van der Waals surface area contributed by atoms with Crippen LogP contribution < -0.4 is 4.74 Å². The highest BCUT2D eigenvalue weighted by molar-refractivity contribution is 5.35. The third kappa shape index (κ3) is 4.70. The normalized spacial score (nSPS) is 20.3. The van der Waals surface area contributed by atoms with Gasteiger partial charge in [-0.3, -0.25) is 0 Å². The van der Waals surface area contributed by atoms with E-state index in [2.05, 4.69) is 11.7 Å². The Morgan fingerprint density at radius 1 is 0.800 bits per heavy atom. The lowest BCUT2D eigenvalue weighted by molar-refractivity contribution is -0.188. The second kappa shape index (κ2) is 8.07. The average Bonchev–Trinajstić information content (AvgIpc) is 2.64. The first-order valence-electron chi connectivity index (χ1n) is 9.31. The Kier molecular flexibility index (Phi) is 6.02. The van der Waals surface area contributed by atoms with E-state index < -0.39 is 46.6 Å². The second-order valence-corrected chi connectivity index (χ2v) is 7.58. The fourth-order valence-corrected chi connectivity index (χ4v) is 3.62. The lowest BCUT2D eigenvalue weighted by atomic mass is 9.79. The van der Waals surface area contributed by atoms with Gasteiger partial charge in [0.15, 0.2) is 17.4 Å². The first-order chi connectivity index (χ1) is 13.9. The molecular weight excluding hydrogens is 420 g/mol. The number of rotatable bonds is 4. The minimum Gasteiger partial charge on any atom is -0.423 e. The lowest BCUT2D eigenvalue weighted by Gasteiger charge is -2.27. The summed E-state index contributed by atoms with van der Waals surface area (Å²) < 4.78 is 113. The molecule has 1 aliphatic rings. The Labute approximate surface area is 167 Å². The zero-order valence-electron chi connectivity index (χ0n) is 15.8. The molecule has 1 nitrogen and oxygen atoms in total. The SMILES string of the molecule is CC1CCC(c2cc(F)c(OC(F)(F)c3ccc(C(F)(F)F)c(F)c3)c(F)c2)CC1. The Balaban J connectivity index is 1.85. The van der Waals surface area contributed by atoms with E-state index in [0.29, 0.717) is 30.4 Å². The molecule has 164 valence electrons. The summed E-state index contributed by atoms with van der Waals surface area (Å²) in [6.45, 7) is 2.07. The van der Waals surface area contributed by atoms with Crippen LogP contribution in [0, 0.1) is 23.4 Å². The summed E-state index contributed by atoms with van der Waals surface area (Å²) in [5.41, 5.74) is -2.73. The van der Waals surface area contributed by atoms with E-state index in [1.807, 2.05) is 0 Å². The van der Waals surface area contributed by atoms with Gasteiger partial charge in [-0.1, -0.05) is 19.8 Å². The van der Waals surface area contributed by atoms with E-state index >= 15 is 0 Å². The van der Waals surface area contributed by atoms with E-state index in [9.17, 15) is 35.1 Å². The highest BCUT2D eigenvalue weighted by atomic mass is 19.4. The molecule has 0 bridgehead atoms. The van der Waals surface area contributed by atoms with Gasteiger partial charge in [0.25, 0.3) is 0 Å². The van der Waals surface area contributed by atoms with Gasteiger partial charge in [0, 0.05) is 0 Å². The molecule has 0 aromatic heterocycles. The quantitative estimate of drug-likeness (QED) is 0.448. The van der Waals surface area contributed by atoms with E-state index in [1.165, 1.54) is 0 Å². The predicted molar refractivity (Wildman–Crippen MR) is 92.7 cm³/mol. The van der Waals surface area contributed by atoms with Crippen LogP contribution in [0.25, 0.3) is 0 Å². The predicted octanol–water partition coefficient (Wildman–Crippen LogP) is 7.54. The maximum atomic E-state index is 14.4. The molecule has 1 fully saturated rings. The maximum absolute atomic E-state index is 14.4. The van der Waals surface area contributed by atoms with Crippen molar-refractivity contribution < 1.29 is 39.9 Å². The summed E-state index contributed by atoms with van der Waals surface area (Å²) in [7, 11) is 0. The summed E-state index contributed by atoms with van der Waals surface area (Å²) in [6.07, 6.45) is -6.37. The molecule has 0 radical (unpaired) electrons. The summed E-state index contributed by atoms with van der Waals surface area (Å²) in [4.78, 5) is 0. The van der Waals surface area contributed by atoms with Crippen molar-refractivity contribution in [3.05, 3.63) is 64.5 Å². The Hall–Kier alpha value is -2.32. The van der Waals surface area contributed by atoms with Crippen molar-refractivity contribution in [2.45, 2.75) is 50.8 Å². The zero-order valence-corrected chi connectivity index (χ0v) is 15.8. The average molecular weight is 438 g/mol. The molecule has 3 rings (SSSR count). The fourth-order valence-electron chi connectivity index (χ4n) is 3.62. The van der Waals surface area contributed by atoms with Gasteiger partial charge in [0.2, 0.25) is 0 Å². The van der Waals surface area contributed by atoms with E-state index in [0.717, 1.165) is 25.0 Å². The van der Waals surface area contributed by atoms with E-state index in [1.54, 1.807) is 0 Å². The molecule has 0 aliphatic heterocycles. The summed E-state index contributed by atoms with van der Waals surface area (Å²) in [5.74, 6) is -5.67. The molecule has 0 amide bonds. The van der Waals surface area contributed by atoms with Crippen molar-refractivity contribution in [1.29, 1.82) is 0 Å². The minimum absolute atomic E-state index is 0.0732. The van der Waals surface area contributed by atoms with Crippen LogP contribution in [-0.2, 0) is 12.3 Å². The van der Waals surface area contributed by atoms with Crippen molar-refractivity contribution in [2.75, 3.05) is 0 Å². The van der Waals surface area contributed by atoms with Crippen LogP contribution in [0.3, 0.4) is 0 Å². The highest BCUT2D eigenvalue weighted by Crippen LogP contribution is 2.40. The van der Waals surface area contributed by atoms with Gasteiger partial charge in [-0.2, -0.15) is 22.0 Å². The Morgan fingerprint density at radius 3 is 1.87 bits per heavy atom. The van der Waals surface area contributed by atoms with Crippen LogP contribution in [0.4, 0.5) is 35.1 Å². The van der Waals surface area contributed by atoms with Gasteiger partial charge in [-0.25, -0.2) is 13.2 Å². The van der Waals surface area contributed by atoms with Crippen molar-refractivity contribution >= 4 is 0 Å². The van der Waals surface area contributed by atoms with Gasteiger partial charge in [0.05, 0.1) is 11.1 Å². The Bertz CT molecular complexity index is 891. The maximum Gasteiger partial charge on any atom is 0.427 e. The summed E-state index contributed by atoms with van der Waals surface area (Å²) >= 11 is 0. The standard InChI is InChI=1S/C21H18F8O/c1-11-2-4-12(5-3-11)13-8-17(23)19(18(24)9-13)30-21(28,29)14-6-7-15(16(22)10-14)20(25,26)27/h6-12H,2-5H2,1H3. The van der Waals surface area contributed by atoms with Crippen molar-refractivity contribution in [1.82, 2.24) is 0 Å². The van der Waals surface area contributed by atoms with Crippen LogP contribution in [0.2, 0.25) is 0 Å². The summed E-state index contributed by atoms with van der Waals surface area (Å²) in [6, 6.07) is 2.17. The Morgan fingerprint density at radius 2 is 1.37 bits per heavy atom. The number of hydrogen-bond acceptors (Lipinski definition) is 1. The van der Waals surface area contributed by atoms with Crippen LogP contribution in [0.1, 0.15) is 55.2 Å². The third-order valence-electron chi connectivity index (χ3n) is 5.35. The number of ether oxygens (including phenoxy) is 1. The van der Waals surface area contributed by atoms with Gasteiger partial charge in [-0.15, -0.1) is 0 Å². The first kappa shape index (κ1) is 22.4. The largest absolute Gasteiger partial charge is 0.427 e. The topological polar surface area (TPSA) is 9.23 Å². The summed E-state index contributed by atoms with van der Waals surface area (Å²) in [5, 5.41) is 0. The van der Waals surface area contributed by atoms with Crippen molar-refractivity contribution in [3.63, 3.8) is 0 Å². The monoisotopic (exact) mass is 438 g/mol. The number of alkyl halides is 5. The molecule has 30 heavy (non-hydrogen) atoms. The molecule has 0 unspecified atom stereocenters. The second-order valence-electron chi connectivity index (χ2n) is 7.58. The number of benzene rings is 2. The zero-order chi connectivity index (χ0) is 22.3. The molecule has 0 N–H and O–H groups in total. The van der Waals surface area contributed by atoms with E-state index in [-0.39, 0.29) is 18.1 Å². The molecular formula is C21H18F8O. The fraction of sp³-hybridized carbons (Fsp3) is 0.429. The molecule has 2 aromatic carbocycles. The highest BCUT2D eigenvalue weighted by Gasteiger charge is 2.40. The molecule has 2 aromatic rings. The van der Waals surface area contributed by atoms with Crippen LogP contribution in [-0.4, -0.2) is 0 Å². The third-order valence-corrected chi connectivity index (χ3v) is 5.35. The molecule has 1 aliphatic carbocycles. The number of hydrogen-bond donors (Lipinski definition) is 0. The molecule has 0 spiro atoms. The van der Waals surface area contributed by atoms with Gasteiger partial charge < -0.3 is 4.74 Å². The lowest BCUT2D eigenvalue weighted by Crippen LogP contribution is -2.24. The van der Waals surface area contributed by atoms with Crippen LogP contribution in [0.5, 0.6) is 5.75 Å². The molecule has 1 saturated carbocycles. The minimum atomic E-state index is -5.08.